The van der Waals surface area contributed by atoms with E-state index in [0.29, 0.717) is 19.4 Å². The number of nitrogens with zero attached hydrogens (tertiary/aromatic N) is 1. The van der Waals surface area contributed by atoms with Crippen molar-refractivity contribution in [2.24, 2.45) is 0 Å². The summed E-state index contributed by atoms with van der Waals surface area (Å²) in [6.45, 7) is 4.28. The molecule has 7 heteroatoms. The Balaban J connectivity index is 1.41. The van der Waals surface area contributed by atoms with Gasteiger partial charge in [0.25, 0.3) is 0 Å². The molecule has 2 heterocycles. The number of hydrogen-bond acceptors (Lipinski definition) is 4. The minimum atomic E-state index is -2.83. The number of nitrogens with one attached hydrogen (secondary N) is 2. The van der Waals surface area contributed by atoms with E-state index in [0.717, 1.165) is 29.5 Å². The van der Waals surface area contributed by atoms with E-state index >= 15 is 0 Å². The third-order valence-electron chi connectivity index (χ3n) is 5.87. The van der Waals surface area contributed by atoms with Gasteiger partial charge in [-0.2, -0.15) is 0 Å². The van der Waals surface area contributed by atoms with Crippen molar-refractivity contribution in [2.75, 3.05) is 23.4 Å². The molecule has 32 heavy (non-hydrogen) atoms. The summed E-state index contributed by atoms with van der Waals surface area (Å²) < 4.78 is 25.4. The van der Waals surface area contributed by atoms with Gasteiger partial charge in [-0.1, -0.05) is 23.6 Å². The Morgan fingerprint density at radius 1 is 1.09 bits per heavy atom. The molecule has 5 nitrogen and oxygen atoms in total. The van der Waals surface area contributed by atoms with E-state index in [1.807, 2.05) is 24.3 Å². The molecule has 4 rings (SSSR count). The van der Waals surface area contributed by atoms with E-state index in [9.17, 15) is 8.42 Å². The maximum atomic E-state index is 11.6. The first-order valence-electron chi connectivity index (χ1n) is 11.0. The zero-order chi connectivity index (χ0) is 22.6. The van der Waals surface area contributed by atoms with Crippen molar-refractivity contribution in [1.29, 1.82) is 0 Å². The predicted octanol–water partition coefficient (Wildman–Crippen LogP) is 4.45. The molecule has 2 N–H and O–H groups in total. The van der Waals surface area contributed by atoms with Crippen LogP contribution in [0.15, 0.2) is 48.5 Å². The van der Waals surface area contributed by atoms with Crippen LogP contribution < -0.4 is 10.6 Å². The summed E-state index contributed by atoms with van der Waals surface area (Å²) in [6, 6.07) is 16.5. The van der Waals surface area contributed by atoms with E-state index in [1.54, 1.807) is 0 Å². The molecule has 1 saturated heterocycles. The lowest BCUT2D eigenvalue weighted by atomic mass is 10.1. The van der Waals surface area contributed by atoms with E-state index < -0.39 is 9.84 Å². The van der Waals surface area contributed by atoms with Crippen molar-refractivity contribution < 1.29 is 8.42 Å². The van der Waals surface area contributed by atoms with Gasteiger partial charge in [0, 0.05) is 40.7 Å². The number of fused-ring (bicyclic) bond motifs is 1. The Labute approximate surface area is 195 Å². The molecule has 2 aromatic carbocycles. The SMILES string of the molecule is CCn1c(C#CCNc2ccc(Cl)cc2)cc2cc(CNC3CCS(=O)(=O)CC3)ccc21. The molecule has 1 fully saturated rings. The summed E-state index contributed by atoms with van der Waals surface area (Å²) in [5.41, 5.74) is 4.37. The molecule has 0 amide bonds. The van der Waals surface area contributed by atoms with Gasteiger partial charge < -0.3 is 15.2 Å². The van der Waals surface area contributed by atoms with Crippen molar-refractivity contribution in [3.63, 3.8) is 0 Å². The monoisotopic (exact) mass is 469 g/mol. The summed E-state index contributed by atoms with van der Waals surface area (Å²) in [5.74, 6) is 7.09. The predicted molar refractivity (Wildman–Crippen MR) is 133 cm³/mol. The molecule has 1 aliphatic heterocycles. The summed E-state index contributed by atoms with van der Waals surface area (Å²) >= 11 is 5.92. The maximum Gasteiger partial charge on any atom is 0.150 e. The van der Waals surface area contributed by atoms with Gasteiger partial charge in [-0.05, 0) is 73.7 Å². The van der Waals surface area contributed by atoms with Crippen molar-refractivity contribution in [1.82, 2.24) is 9.88 Å². The topological polar surface area (TPSA) is 63.1 Å². The van der Waals surface area contributed by atoms with Gasteiger partial charge in [0.05, 0.1) is 23.7 Å². The van der Waals surface area contributed by atoms with Crippen LogP contribution >= 0.6 is 11.6 Å². The lowest BCUT2D eigenvalue weighted by Gasteiger charge is -2.23. The fourth-order valence-corrected chi connectivity index (χ4v) is 5.70. The lowest BCUT2D eigenvalue weighted by molar-refractivity contribution is 0.463. The number of anilines is 1. The highest BCUT2D eigenvalue weighted by Gasteiger charge is 2.23. The van der Waals surface area contributed by atoms with Gasteiger partial charge in [-0.3, -0.25) is 0 Å². The number of aromatic nitrogens is 1. The summed E-state index contributed by atoms with van der Waals surface area (Å²) in [5, 5.41) is 8.70. The first kappa shape index (κ1) is 22.7. The number of sulfone groups is 1. The maximum absolute atomic E-state index is 11.6. The molecule has 1 aliphatic rings. The highest BCUT2D eigenvalue weighted by Crippen LogP contribution is 2.22. The Morgan fingerprint density at radius 3 is 2.56 bits per heavy atom. The van der Waals surface area contributed by atoms with Crippen molar-refractivity contribution in [3.05, 3.63) is 64.8 Å². The van der Waals surface area contributed by atoms with Crippen LogP contribution in [-0.4, -0.2) is 37.1 Å². The average molecular weight is 470 g/mol. The second kappa shape index (κ2) is 9.99. The Bertz CT molecular complexity index is 1240. The molecule has 0 radical (unpaired) electrons. The third-order valence-corrected chi connectivity index (χ3v) is 7.84. The van der Waals surface area contributed by atoms with Crippen LogP contribution in [0, 0.1) is 11.8 Å². The Kier molecular flexibility index (Phi) is 7.10. The van der Waals surface area contributed by atoms with Gasteiger partial charge in [-0.15, -0.1) is 0 Å². The Hall–Kier alpha value is -2.46. The van der Waals surface area contributed by atoms with Crippen molar-refractivity contribution in [2.45, 2.75) is 38.9 Å². The highest BCUT2D eigenvalue weighted by molar-refractivity contribution is 7.91. The first-order valence-corrected chi connectivity index (χ1v) is 13.2. The number of rotatable bonds is 6. The lowest BCUT2D eigenvalue weighted by Crippen LogP contribution is -2.37. The fraction of sp³-hybridized carbons (Fsp3) is 0.360. The molecular formula is C25H28ClN3O2S. The number of aryl methyl sites for hydroxylation is 1. The van der Waals surface area contributed by atoms with Crippen LogP contribution in [0.3, 0.4) is 0 Å². The Morgan fingerprint density at radius 2 is 1.84 bits per heavy atom. The summed E-state index contributed by atoms with van der Waals surface area (Å²) in [7, 11) is -2.83. The van der Waals surface area contributed by atoms with Gasteiger partial charge in [0.2, 0.25) is 0 Å². The molecule has 3 aromatic rings. The van der Waals surface area contributed by atoms with E-state index in [-0.39, 0.29) is 17.5 Å². The minimum Gasteiger partial charge on any atom is -0.374 e. The molecule has 0 saturated carbocycles. The van der Waals surface area contributed by atoms with Gasteiger partial charge in [0.15, 0.2) is 0 Å². The van der Waals surface area contributed by atoms with Crippen LogP contribution in [-0.2, 0) is 22.9 Å². The molecule has 0 spiro atoms. The standard InChI is InChI=1S/C25H28ClN3O2S/c1-2-29-24(4-3-13-27-22-8-6-21(26)7-9-22)17-20-16-19(5-10-25(20)29)18-28-23-11-14-32(30,31)15-12-23/h5-10,16-17,23,27-28H,2,11-15,18H2,1H3. The van der Waals surface area contributed by atoms with Crippen LogP contribution in [0.5, 0.6) is 0 Å². The largest absolute Gasteiger partial charge is 0.374 e. The zero-order valence-electron chi connectivity index (χ0n) is 18.2. The van der Waals surface area contributed by atoms with Crippen LogP contribution in [0.1, 0.15) is 31.0 Å². The van der Waals surface area contributed by atoms with Crippen LogP contribution in [0.2, 0.25) is 5.02 Å². The molecular weight excluding hydrogens is 442 g/mol. The molecule has 0 aliphatic carbocycles. The first-order chi connectivity index (χ1) is 15.4. The van der Waals surface area contributed by atoms with Gasteiger partial charge in [0.1, 0.15) is 9.84 Å². The quantitative estimate of drug-likeness (QED) is 0.524. The molecule has 168 valence electrons. The molecule has 0 atom stereocenters. The molecule has 1 aromatic heterocycles. The molecule has 0 unspecified atom stereocenters. The third kappa shape index (κ3) is 5.66. The number of benzene rings is 2. The van der Waals surface area contributed by atoms with Crippen LogP contribution in [0.25, 0.3) is 10.9 Å². The second-order valence-corrected chi connectivity index (χ2v) is 10.9. The highest BCUT2D eigenvalue weighted by atomic mass is 35.5. The molecule has 0 bridgehead atoms. The van der Waals surface area contributed by atoms with Gasteiger partial charge in [-0.25, -0.2) is 8.42 Å². The zero-order valence-corrected chi connectivity index (χ0v) is 19.8. The number of hydrogen-bond donors (Lipinski definition) is 2. The van der Waals surface area contributed by atoms with Crippen molar-refractivity contribution in [3.8, 4) is 11.8 Å². The number of halogens is 1. The average Bonchev–Trinajstić information content (AvgIpc) is 3.13. The minimum absolute atomic E-state index is 0.268. The normalized spacial score (nSPS) is 15.9. The van der Waals surface area contributed by atoms with E-state index in [4.69, 9.17) is 11.6 Å². The fourth-order valence-electron chi connectivity index (χ4n) is 4.08. The second-order valence-electron chi connectivity index (χ2n) is 8.14. The summed E-state index contributed by atoms with van der Waals surface area (Å²) in [4.78, 5) is 0. The van der Waals surface area contributed by atoms with Crippen molar-refractivity contribution >= 4 is 38.0 Å². The smallest absolute Gasteiger partial charge is 0.150 e. The van der Waals surface area contributed by atoms with E-state index in [2.05, 4.69) is 58.2 Å². The van der Waals surface area contributed by atoms with Gasteiger partial charge >= 0.3 is 0 Å². The van der Waals surface area contributed by atoms with E-state index in [1.165, 1.54) is 16.5 Å². The van der Waals surface area contributed by atoms with Crippen LogP contribution in [0.4, 0.5) is 5.69 Å². The summed E-state index contributed by atoms with van der Waals surface area (Å²) in [6.07, 6.45) is 1.39.